The summed E-state index contributed by atoms with van der Waals surface area (Å²) in [4.78, 5) is 61.4. The molecule has 13 heteroatoms. The minimum absolute atomic E-state index is 0.0750. The average Bonchev–Trinajstić information content (AvgIpc) is 2.80. The van der Waals surface area contributed by atoms with Gasteiger partial charge in [0, 0.05) is 19.0 Å². The maximum Gasteiger partial charge on any atom is 0.408 e. The third-order valence-corrected chi connectivity index (χ3v) is 5.33. The van der Waals surface area contributed by atoms with Crippen molar-refractivity contribution in [1.82, 2.24) is 16.0 Å². The molecule has 13 nitrogen and oxygen atoms in total. The van der Waals surface area contributed by atoms with Crippen LogP contribution in [0.25, 0.3) is 0 Å². The van der Waals surface area contributed by atoms with E-state index in [2.05, 4.69) is 16.0 Å². The van der Waals surface area contributed by atoms with Gasteiger partial charge in [0.05, 0.1) is 19.6 Å². The van der Waals surface area contributed by atoms with Gasteiger partial charge in [-0.05, 0) is 94.4 Å². The number of hydrogen-bond donors (Lipinski definition) is 4. The van der Waals surface area contributed by atoms with Crippen LogP contribution in [0, 0.1) is 5.92 Å². The fourth-order valence-electron chi connectivity index (χ4n) is 3.59. The number of carbonyl (C=O) groups is 5. The summed E-state index contributed by atoms with van der Waals surface area (Å²) in [6.07, 6.45) is -1.00. The molecule has 0 aliphatic rings. The van der Waals surface area contributed by atoms with Crippen LogP contribution in [0.3, 0.4) is 0 Å². The van der Waals surface area contributed by atoms with Gasteiger partial charge in [-0.25, -0.2) is 14.4 Å². The summed E-state index contributed by atoms with van der Waals surface area (Å²) in [5.41, 5.74) is -2.13. The fraction of sp³-hybridized carbons (Fsp3) is 0.828. The third kappa shape index (κ3) is 20.7. The van der Waals surface area contributed by atoms with Crippen LogP contribution in [0.5, 0.6) is 0 Å². The Morgan fingerprint density at radius 3 is 1.79 bits per heavy atom. The minimum atomic E-state index is -0.959. The van der Waals surface area contributed by atoms with Crippen molar-refractivity contribution in [3.05, 3.63) is 0 Å². The topological polar surface area (TPSA) is 179 Å². The van der Waals surface area contributed by atoms with Crippen LogP contribution in [-0.2, 0) is 33.3 Å². The maximum absolute atomic E-state index is 13.0. The smallest absolute Gasteiger partial charge is 0.408 e. The molecule has 0 bridgehead atoms. The number of rotatable bonds is 15. The lowest BCUT2D eigenvalue weighted by atomic mass is 9.96. The van der Waals surface area contributed by atoms with Gasteiger partial charge in [-0.1, -0.05) is 0 Å². The molecule has 0 aromatic carbocycles. The summed E-state index contributed by atoms with van der Waals surface area (Å²) < 4.78 is 20.5. The molecule has 244 valence electrons. The van der Waals surface area contributed by atoms with Crippen molar-refractivity contribution in [2.45, 2.75) is 130 Å². The lowest BCUT2D eigenvalue weighted by molar-refractivity contribution is -0.157. The van der Waals surface area contributed by atoms with E-state index in [4.69, 9.17) is 18.9 Å². The number of unbranched alkanes of at least 4 members (excludes halogenated alkanes) is 1. The van der Waals surface area contributed by atoms with Crippen LogP contribution in [0.1, 0.15) is 101 Å². The first-order valence-electron chi connectivity index (χ1n) is 14.3. The summed E-state index contributed by atoms with van der Waals surface area (Å²) in [5, 5.41) is 18.1. The van der Waals surface area contributed by atoms with Gasteiger partial charge in [-0.15, -0.1) is 0 Å². The van der Waals surface area contributed by atoms with Gasteiger partial charge < -0.3 is 40.0 Å². The van der Waals surface area contributed by atoms with Crippen molar-refractivity contribution < 1.29 is 48.0 Å². The van der Waals surface area contributed by atoms with Gasteiger partial charge in [0.2, 0.25) is 5.91 Å². The molecule has 0 aromatic rings. The van der Waals surface area contributed by atoms with Crippen LogP contribution in [-0.4, -0.2) is 84.3 Å². The first-order valence-corrected chi connectivity index (χ1v) is 14.3. The zero-order valence-electron chi connectivity index (χ0n) is 27.0. The van der Waals surface area contributed by atoms with E-state index in [1.165, 1.54) is 7.11 Å². The van der Waals surface area contributed by atoms with Gasteiger partial charge in [0.25, 0.3) is 0 Å². The highest BCUT2D eigenvalue weighted by atomic mass is 16.6. The number of hydrogen-bond acceptors (Lipinski definition) is 10. The molecule has 0 rings (SSSR count). The molecule has 0 saturated carbocycles. The second kappa shape index (κ2) is 17.8. The molecule has 3 atom stereocenters. The molecule has 4 N–H and O–H groups in total. The molecule has 3 amide bonds. The summed E-state index contributed by atoms with van der Waals surface area (Å²) >= 11 is 0. The van der Waals surface area contributed by atoms with E-state index in [0.717, 1.165) is 0 Å². The molecule has 0 aliphatic carbocycles. The Balaban J connectivity index is 4.97. The Morgan fingerprint density at radius 1 is 0.714 bits per heavy atom. The van der Waals surface area contributed by atoms with Crippen molar-refractivity contribution in [2.24, 2.45) is 5.92 Å². The molecule has 0 fully saturated rings. The van der Waals surface area contributed by atoms with Crippen molar-refractivity contribution in [2.75, 3.05) is 20.2 Å². The van der Waals surface area contributed by atoms with Crippen molar-refractivity contribution in [3.63, 3.8) is 0 Å². The zero-order valence-corrected chi connectivity index (χ0v) is 27.0. The monoisotopic (exact) mass is 603 g/mol. The molecule has 0 radical (unpaired) electrons. The molecule has 0 spiro atoms. The van der Waals surface area contributed by atoms with Crippen LogP contribution in [0.2, 0.25) is 0 Å². The Labute approximate surface area is 250 Å². The Hall–Kier alpha value is -3.09. The quantitative estimate of drug-likeness (QED) is 0.123. The molecular formula is C29H53N3O10. The Bertz CT molecular complexity index is 888. The van der Waals surface area contributed by atoms with E-state index in [1.807, 2.05) is 0 Å². The number of esters is 2. The van der Waals surface area contributed by atoms with Gasteiger partial charge >= 0.3 is 24.1 Å². The number of methoxy groups -OCH3 is 1. The SMILES string of the molecule is COC(=O)[C@H](CCCCNC(=O)C(CCC(O)CNC(=O)OC(C)(C)C)CC(=O)OC(C)(C)C)NC(=O)OC(C)(C)C. The molecule has 0 saturated heterocycles. The number of ether oxygens (including phenoxy) is 4. The van der Waals surface area contributed by atoms with Gasteiger partial charge in [0.15, 0.2) is 0 Å². The molecule has 0 aliphatic heterocycles. The largest absolute Gasteiger partial charge is 0.467 e. The second-order valence-electron chi connectivity index (χ2n) is 13.1. The predicted molar refractivity (Wildman–Crippen MR) is 155 cm³/mol. The number of carbonyl (C=O) groups excluding carboxylic acids is 5. The van der Waals surface area contributed by atoms with Crippen LogP contribution >= 0.6 is 0 Å². The summed E-state index contributed by atoms with van der Waals surface area (Å²) in [6, 6.07) is -0.906. The third-order valence-electron chi connectivity index (χ3n) is 5.33. The Kier molecular flexibility index (Phi) is 16.5. The van der Waals surface area contributed by atoms with E-state index in [-0.39, 0.29) is 44.7 Å². The molecule has 0 aromatic heterocycles. The zero-order chi connectivity index (χ0) is 32.7. The predicted octanol–water partition coefficient (Wildman–Crippen LogP) is 3.35. The van der Waals surface area contributed by atoms with E-state index < -0.39 is 59.0 Å². The number of aliphatic hydroxyl groups is 1. The fourth-order valence-corrected chi connectivity index (χ4v) is 3.59. The van der Waals surface area contributed by atoms with E-state index in [9.17, 15) is 29.1 Å². The summed E-state index contributed by atoms with van der Waals surface area (Å²) in [6.45, 7) is 15.7. The molecular weight excluding hydrogens is 550 g/mol. The number of alkyl carbamates (subject to hydrolysis) is 2. The van der Waals surface area contributed by atoms with E-state index in [1.54, 1.807) is 62.3 Å². The van der Waals surface area contributed by atoms with Crippen LogP contribution < -0.4 is 16.0 Å². The summed E-state index contributed by atoms with van der Waals surface area (Å²) in [7, 11) is 1.22. The van der Waals surface area contributed by atoms with Crippen molar-refractivity contribution in [3.8, 4) is 0 Å². The lowest BCUT2D eigenvalue weighted by Gasteiger charge is -2.23. The highest BCUT2D eigenvalue weighted by molar-refractivity contribution is 5.84. The van der Waals surface area contributed by atoms with E-state index in [0.29, 0.717) is 12.8 Å². The van der Waals surface area contributed by atoms with Crippen LogP contribution in [0.4, 0.5) is 9.59 Å². The summed E-state index contributed by atoms with van der Waals surface area (Å²) in [5.74, 6) is -2.31. The minimum Gasteiger partial charge on any atom is -0.467 e. The van der Waals surface area contributed by atoms with Crippen LogP contribution in [0.15, 0.2) is 0 Å². The highest BCUT2D eigenvalue weighted by Gasteiger charge is 2.27. The lowest BCUT2D eigenvalue weighted by Crippen LogP contribution is -2.44. The molecule has 42 heavy (non-hydrogen) atoms. The molecule has 2 unspecified atom stereocenters. The van der Waals surface area contributed by atoms with Gasteiger partial charge in [-0.2, -0.15) is 0 Å². The first-order chi connectivity index (χ1) is 19.1. The maximum atomic E-state index is 13.0. The van der Waals surface area contributed by atoms with Gasteiger partial charge in [-0.3, -0.25) is 9.59 Å². The van der Waals surface area contributed by atoms with E-state index >= 15 is 0 Å². The van der Waals surface area contributed by atoms with Gasteiger partial charge in [0.1, 0.15) is 22.8 Å². The number of amides is 3. The van der Waals surface area contributed by atoms with Crippen molar-refractivity contribution in [1.29, 1.82) is 0 Å². The number of nitrogens with one attached hydrogen (secondary N) is 3. The highest BCUT2D eigenvalue weighted by Crippen LogP contribution is 2.18. The Morgan fingerprint density at radius 2 is 1.26 bits per heavy atom. The second-order valence-corrected chi connectivity index (χ2v) is 13.1. The first kappa shape index (κ1) is 38.9. The van der Waals surface area contributed by atoms with Crippen molar-refractivity contribution >= 4 is 30.0 Å². The average molecular weight is 604 g/mol. The normalized spacial score (nSPS) is 14.1. The molecule has 0 heterocycles. The number of aliphatic hydroxyl groups excluding tert-OH is 1. The standard InChI is InChI=1S/C29H53N3O10/c1-27(2,3)40-22(34)17-19(14-15-20(33)18-31-25(37)41-28(4,5)6)23(35)30-16-12-11-13-21(24(36)39-10)32-26(38)42-29(7,8)9/h19-21,33H,11-18H2,1-10H3,(H,30,35)(H,31,37)(H,32,38)/t19?,20?,21-/m0/s1.